The van der Waals surface area contributed by atoms with Crippen molar-refractivity contribution in [2.24, 2.45) is 0 Å². The number of esters is 1. The number of methoxy groups -OCH3 is 1. The summed E-state index contributed by atoms with van der Waals surface area (Å²) in [6.45, 7) is 1.60. The molecule has 0 aliphatic heterocycles. The number of hydrogen-bond donors (Lipinski definition) is 1. The molecule has 0 amide bonds. The topological polar surface area (TPSA) is 78.5 Å². The largest absolute Gasteiger partial charge is 1.00 e. The van der Waals surface area contributed by atoms with Gasteiger partial charge in [0.2, 0.25) is 0 Å². The fourth-order valence-electron chi connectivity index (χ4n) is 1.66. The number of carboxylic acids is 1. The third kappa shape index (κ3) is 6.09. The standard InChI is InChI=1S/C13H17NO4.Na/c1-9(8-11(15)18-2)14-12(13(16)17)10-6-4-3-5-7-10;/h3-4,7-8,12,14H,5-6H2,1-2H3,(H,16,17);/q;+1/p-1. The van der Waals surface area contributed by atoms with E-state index in [0.29, 0.717) is 18.5 Å². The molecule has 0 aromatic rings. The normalized spacial score (nSPS) is 15.9. The van der Waals surface area contributed by atoms with Crippen molar-refractivity contribution in [3.05, 3.63) is 35.6 Å². The Morgan fingerprint density at radius 3 is 2.63 bits per heavy atom. The zero-order valence-electron chi connectivity index (χ0n) is 11.4. The fourth-order valence-corrected chi connectivity index (χ4v) is 1.66. The number of allylic oxidation sites excluding steroid dienone is 4. The van der Waals surface area contributed by atoms with E-state index in [4.69, 9.17) is 0 Å². The van der Waals surface area contributed by atoms with Crippen molar-refractivity contribution in [3.63, 3.8) is 0 Å². The third-order valence-electron chi connectivity index (χ3n) is 2.55. The number of ether oxygens (including phenoxy) is 1. The van der Waals surface area contributed by atoms with Gasteiger partial charge in [-0.05, 0) is 25.3 Å². The first-order chi connectivity index (χ1) is 8.54. The van der Waals surface area contributed by atoms with Crippen LogP contribution in [0.15, 0.2) is 35.6 Å². The second kappa shape index (κ2) is 8.96. The van der Waals surface area contributed by atoms with E-state index in [1.54, 1.807) is 6.92 Å². The van der Waals surface area contributed by atoms with Crippen molar-refractivity contribution < 1.29 is 49.0 Å². The van der Waals surface area contributed by atoms with Crippen LogP contribution >= 0.6 is 0 Å². The quantitative estimate of drug-likeness (QED) is 0.251. The van der Waals surface area contributed by atoms with Gasteiger partial charge in [-0.3, -0.25) is 0 Å². The van der Waals surface area contributed by atoms with Gasteiger partial charge in [0.25, 0.3) is 0 Å². The minimum atomic E-state index is -1.21. The minimum absolute atomic E-state index is 0. The number of rotatable bonds is 5. The summed E-state index contributed by atoms with van der Waals surface area (Å²) in [6, 6.07) is -0.921. The monoisotopic (exact) mass is 273 g/mol. The Bertz CT molecular complexity index is 426. The third-order valence-corrected chi connectivity index (χ3v) is 2.55. The molecule has 1 N–H and O–H groups in total. The van der Waals surface area contributed by atoms with Crippen LogP contribution in [0.25, 0.3) is 0 Å². The van der Waals surface area contributed by atoms with E-state index in [2.05, 4.69) is 10.1 Å². The number of hydrogen-bond acceptors (Lipinski definition) is 5. The molecule has 1 unspecified atom stereocenters. The zero-order chi connectivity index (χ0) is 13.5. The molecule has 0 saturated carbocycles. The van der Waals surface area contributed by atoms with Crippen LogP contribution in [0.5, 0.6) is 0 Å². The van der Waals surface area contributed by atoms with Gasteiger partial charge in [-0.2, -0.15) is 0 Å². The molecule has 1 atom stereocenters. The van der Waals surface area contributed by atoms with Crippen LogP contribution in [0.3, 0.4) is 0 Å². The maximum absolute atomic E-state index is 11.1. The van der Waals surface area contributed by atoms with Crippen LogP contribution in [0.4, 0.5) is 0 Å². The molecule has 5 nitrogen and oxygen atoms in total. The molecule has 0 radical (unpaired) electrons. The van der Waals surface area contributed by atoms with Crippen LogP contribution in [0.1, 0.15) is 19.8 Å². The number of carbonyl (C=O) groups is 2. The van der Waals surface area contributed by atoms with Gasteiger partial charge in [0.05, 0.1) is 19.1 Å². The van der Waals surface area contributed by atoms with Crippen molar-refractivity contribution in [3.8, 4) is 0 Å². The molecule has 0 heterocycles. The molecule has 0 saturated heterocycles. The molecular weight excluding hydrogens is 257 g/mol. The van der Waals surface area contributed by atoms with Gasteiger partial charge in [-0.1, -0.05) is 18.2 Å². The number of carbonyl (C=O) groups excluding carboxylic acids is 2. The summed E-state index contributed by atoms with van der Waals surface area (Å²) < 4.78 is 4.46. The summed E-state index contributed by atoms with van der Waals surface area (Å²) in [5, 5.41) is 13.9. The molecule has 1 aliphatic rings. The van der Waals surface area contributed by atoms with E-state index >= 15 is 0 Å². The maximum atomic E-state index is 11.1. The molecule has 6 heteroatoms. The molecule has 0 spiro atoms. The van der Waals surface area contributed by atoms with Crippen LogP contribution in [0.2, 0.25) is 0 Å². The number of aliphatic carboxylic acids is 1. The van der Waals surface area contributed by atoms with Gasteiger partial charge in [0.1, 0.15) is 0 Å². The Hall–Kier alpha value is -1.04. The first-order valence-corrected chi connectivity index (χ1v) is 5.62. The Labute approximate surface area is 134 Å². The van der Waals surface area contributed by atoms with Gasteiger partial charge in [-0.15, -0.1) is 0 Å². The van der Waals surface area contributed by atoms with Gasteiger partial charge in [0, 0.05) is 11.8 Å². The fraction of sp³-hybridized carbons (Fsp3) is 0.385. The smallest absolute Gasteiger partial charge is 0.548 e. The van der Waals surface area contributed by atoms with Crippen molar-refractivity contribution in [1.82, 2.24) is 5.32 Å². The van der Waals surface area contributed by atoms with Crippen molar-refractivity contribution >= 4 is 11.9 Å². The van der Waals surface area contributed by atoms with Crippen LogP contribution in [-0.2, 0) is 14.3 Å². The van der Waals surface area contributed by atoms with E-state index in [1.165, 1.54) is 13.2 Å². The Morgan fingerprint density at radius 1 is 1.47 bits per heavy atom. The SMILES string of the molecule is COC(=O)C=C(C)NC(C(=O)[O-])C1=CCC=CC1.[Na+]. The molecule has 0 bridgehead atoms. The predicted molar refractivity (Wildman–Crippen MR) is 64.2 cm³/mol. The molecule has 1 rings (SSSR count). The van der Waals surface area contributed by atoms with Crippen molar-refractivity contribution in [2.45, 2.75) is 25.8 Å². The van der Waals surface area contributed by atoms with Crippen LogP contribution in [-0.4, -0.2) is 25.1 Å². The zero-order valence-corrected chi connectivity index (χ0v) is 13.4. The molecule has 0 fully saturated rings. The second-order valence-electron chi connectivity index (χ2n) is 3.94. The number of nitrogens with one attached hydrogen (secondary N) is 1. The van der Waals surface area contributed by atoms with E-state index in [-0.39, 0.29) is 29.6 Å². The van der Waals surface area contributed by atoms with E-state index in [9.17, 15) is 14.7 Å². The van der Waals surface area contributed by atoms with E-state index < -0.39 is 18.0 Å². The Morgan fingerprint density at radius 2 is 2.16 bits per heavy atom. The minimum Gasteiger partial charge on any atom is -0.548 e. The van der Waals surface area contributed by atoms with Gasteiger partial charge in [-0.25, -0.2) is 4.79 Å². The average Bonchev–Trinajstić information content (AvgIpc) is 2.36. The molecule has 0 aromatic heterocycles. The number of carboxylic acid groups (broad SMARTS) is 1. The Balaban J connectivity index is 0.00000324. The van der Waals surface area contributed by atoms with Crippen LogP contribution in [0, 0.1) is 0 Å². The predicted octanol–water partition coefficient (Wildman–Crippen LogP) is -2.95. The second-order valence-corrected chi connectivity index (χ2v) is 3.94. The first kappa shape index (κ1) is 18.0. The molecule has 0 aromatic carbocycles. The van der Waals surface area contributed by atoms with Gasteiger partial charge < -0.3 is 20.0 Å². The maximum Gasteiger partial charge on any atom is 1.00 e. The summed E-state index contributed by atoms with van der Waals surface area (Å²) in [5.41, 5.74) is 1.15. The van der Waals surface area contributed by atoms with Gasteiger partial charge >= 0.3 is 35.5 Å². The molecule has 98 valence electrons. The summed E-state index contributed by atoms with van der Waals surface area (Å²) in [4.78, 5) is 22.1. The van der Waals surface area contributed by atoms with Crippen LogP contribution < -0.4 is 40.0 Å². The first-order valence-electron chi connectivity index (χ1n) is 5.62. The summed E-state index contributed by atoms with van der Waals surface area (Å²) in [6.07, 6.45) is 8.20. The molecular formula is C13H16NNaO4. The molecule has 1 aliphatic carbocycles. The van der Waals surface area contributed by atoms with E-state index in [1.807, 2.05) is 18.2 Å². The average molecular weight is 273 g/mol. The van der Waals surface area contributed by atoms with Crippen molar-refractivity contribution in [2.75, 3.05) is 7.11 Å². The summed E-state index contributed by atoms with van der Waals surface area (Å²) in [7, 11) is 1.26. The Kier molecular flexibility index (Phi) is 8.47. The molecule has 19 heavy (non-hydrogen) atoms. The van der Waals surface area contributed by atoms with Crippen molar-refractivity contribution in [1.29, 1.82) is 0 Å². The van der Waals surface area contributed by atoms with E-state index in [0.717, 1.165) is 5.57 Å². The summed E-state index contributed by atoms with van der Waals surface area (Å²) >= 11 is 0. The summed E-state index contributed by atoms with van der Waals surface area (Å²) in [5.74, 6) is -1.75. The van der Waals surface area contributed by atoms with Gasteiger partial charge in [0.15, 0.2) is 0 Å².